The standard InChI is InChI=1S/C8H7ClN4O3S/c1-4-2-6(14)5(3-10-4)7-11-8(13-12-7)17(9,15)16/h2-3H,1H3,(H,10,14)(H,11,12,13). The molecule has 2 aromatic heterocycles. The highest BCUT2D eigenvalue weighted by Crippen LogP contribution is 2.14. The normalized spacial score (nSPS) is 11.6. The van der Waals surface area contributed by atoms with Crippen LogP contribution in [0.2, 0.25) is 0 Å². The van der Waals surface area contributed by atoms with Crippen molar-refractivity contribution < 1.29 is 8.42 Å². The van der Waals surface area contributed by atoms with Gasteiger partial charge in [0.25, 0.3) is 14.2 Å². The molecule has 0 atom stereocenters. The minimum atomic E-state index is -3.98. The molecule has 0 unspecified atom stereocenters. The first-order valence-electron chi connectivity index (χ1n) is 4.45. The summed E-state index contributed by atoms with van der Waals surface area (Å²) in [6.45, 7) is 1.72. The van der Waals surface area contributed by atoms with Crippen LogP contribution in [0, 0.1) is 6.92 Å². The van der Waals surface area contributed by atoms with Crippen LogP contribution in [-0.2, 0) is 9.05 Å². The van der Waals surface area contributed by atoms with Crippen molar-refractivity contribution in [3.05, 3.63) is 28.2 Å². The summed E-state index contributed by atoms with van der Waals surface area (Å²) >= 11 is 0. The largest absolute Gasteiger partial charge is 0.364 e. The molecule has 2 N–H and O–H groups in total. The van der Waals surface area contributed by atoms with E-state index < -0.39 is 14.2 Å². The number of aromatic amines is 2. The molecule has 2 aromatic rings. The van der Waals surface area contributed by atoms with Gasteiger partial charge in [0.1, 0.15) is 0 Å². The van der Waals surface area contributed by atoms with Crippen molar-refractivity contribution in [2.45, 2.75) is 12.1 Å². The van der Waals surface area contributed by atoms with E-state index in [1.807, 2.05) is 0 Å². The lowest BCUT2D eigenvalue weighted by Gasteiger charge is -1.95. The van der Waals surface area contributed by atoms with Crippen LogP contribution in [-0.4, -0.2) is 28.6 Å². The number of aryl methyl sites for hydroxylation is 1. The second kappa shape index (κ2) is 3.97. The van der Waals surface area contributed by atoms with E-state index in [4.69, 9.17) is 10.7 Å². The molecule has 0 saturated carbocycles. The fourth-order valence-corrected chi connectivity index (χ4v) is 1.78. The van der Waals surface area contributed by atoms with Crippen molar-refractivity contribution in [3.8, 4) is 11.4 Å². The summed E-state index contributed by atoms with van der Waals surface area (Å²) in [6, 6.07) is 1.36. The maximum absolute atomic E-state index is 11.6. The molecule has 7 nitrogen and oxygen atoms in total. The van der Waals surface area contributed by atoms with E-state index in [-0.39, 0.29) is 16.8 Å². The Hall–Kier alpha value is -1.67. The van der Waals surface area contributed by atoms with Crippen molar-refractivity contribution in [1.29, 1.82) is 0 Å². The Labute approximate surface area is 100 Å². The van der Waals surface area contributed by atoms with E-state index in [0.717, 1.165) is 0 Å². The van der Waals surface area contributed by atoms with Crippen LogP contribution < -0.4 is 5.43 Å². The summed E-state index contributed by atoms with van der Waals surface area (Å²) in [5.41, 5.74) is 0.539. The number of nitrogens with zero attached hydrogens (tertiary/aromatic N) is 2. The molecule has 0 bridgehead atoms. The van der Waals surface area contributed by atoms with Crippen molar-refractivity contribution in [2.75, 3.05) is 0 Å². The molecule has 0 amide bonds. The van der Waals surface area contributed by atoms with Gasteiger partial charge in [0, 0.05) is 28.6 Å². The average Bonchev–Trinajstić information content (AvgIpc) is 2.65. The van der Waals surface area contributed by atoms with Gasteiger partial charge in [0.05, 0.1) is 5.56 Å². The molecule has 0 aliphatic carbocycles. The molecule has 9 heteroatoms. The first kappa shape index (κ1) is 11.8. The number of pyridine rings is 1. The number of aromatic nitrogens is 4. The van der Waals surface area contributed by atoms with Crippen molar-refractivity contribution in [3.63, 3.8) is 0 Å². The van der Waals surface area contributed by atoms with Gasteiger partial charge in [-0.25, -0.2) is 13.5 Å². The molecule has 90 valence electrons. The molecule has 0 aliphatic heterocycles. The Balaban J connectivity index is 2.55. The van der Waals surface area contributed by atoms with Crippen LogP contribution >= 0.6 is 10.7 Å². The maximum Gasteiger partial charge on any atom is 0.296 e. The summed E-state index contributed by atoms with van der Waals surface area (Å²) in [7, 11) is 1.10. The van der Waals surface area contributed by atoms with Crippen LogP contribution in [0.1, 0.15) is 5.69 Å². The zero-order valence-corrected chi connectivity index (χ0v) is 10.1. The van der Waals surface area contributed by atoms with Gasteiger partial charge in [-0.1, -0.05) is 0 Å². The number of nitrogens with one attached hydrogen (secondary N) is 2. The number of hydrogen-bond acceptors (Lipinski definition) is 5. The predicted molar refractivity (Wildman–Crippen MR) is 60.2 cm³/mol. The summed E-state index contributed by atoms with van der Waals surface area (Å²) in [5, 5.41) is 5.28. The van der Waals surface area contributed by atoms with E-state index in [9.17, 15) is 13.2 Å². The maximum atomic E-state index is 11.6. The first-order chi connectivity index (χ1) is 7.88. The zero-order valence-electron chi connectivity index (χ0n) is 8.56. The molecule has 0 aliphatic rings. The fraction of sp³-hybridized carbons (Fsp3) is 0.125. The molecule has 0 fully saturated rings. The van der Waals surface area contributed by atoms with Gasteiger partial charge in [0.15, 0.2) is 11.3 Å². The molecule has 0 spiro atoms. The van der Waals surface area contributed by atoms with E-state index >= 15 is 0 Å². The third-order valence-electron chi connectivity index (χ3n) is 1.99. The monoisotopic (exact) mass is 274 g/mol. The molecule has 17 heavy (non-hydrogen) atoms. The highest BCUT2D eigenvalue weighted by molar-refractivity contribution is 8.13. The van der Waals surface area contributed by atoms with Crippen molar-refractivity contribution in [1.82, 2.24) is 20.2 Å². The van der Waals surface area contributed by atoms with Gasteiger partial charge in [-0.15, -0.1) is 0 Å². The molecular weight excluding hydrogens is 268 g/mol. The predicted octanol–water partition coefficient (Wildman–Crippen LogP) is 0.396. The summed E-state index contributed by atoms with van der Waals surface area (Å²) in [5.74, 6) is -0.0227. The van der Waals surface area contributed by atoms with Gasteiger partial charge < -0.3 is 4.98 Å². The van der Waals surface area contributed by atoms with Crippen molar-refractivity contribution in [2.24, 2.45) is 0 Å². The van der Waals surface area contributed by atoms with E-state index in [0.29, 0.717) is 5.69 Å². The van der Waals surface area contributed by atoms with Crippen LogP contribution in [0.3, 0.4) is 0 Å². The lowest BCUT2D eigenvalue weighted by Crippen LogP contribution is -2.06. The second-order valence-electron chi connectivity index (χ2n) is 3.30. The Morgan fingerprint density at radius 3 is 2.65 bits per heavy atom. The smallest absolute Gasteiger partial charge is 0.296 e. The quantitative estimate of drug-likeness (QED) is 0.770. The zero-order chi connectivity index (χ0) is 12.6. The SMILES string of the molecule is Cc1cc(=O)c(-c2n[nH]c(S(=O)(=O)Cl)n2)c[nH]1. The summed E-state index contributed by atoms with van der Waals surface area (Å²) in [6.07, 6.45) is 1.41. The third kappa shape index (κ3) is 2.37. The van der Waals surface area contributed by atoms with Crippen LogP contribution in [0.15, 0.2) is 22.2 Å². The lowest BCUT2D eigenvalue weighted by molar-refractivity contribution is 0.602. The van der Waals surface area contributed by atoms with Gasteiger partial charge in [-0.2, -0.15) is 10.1 Å². The van der Waals surface area contributed by atoms with E-state index in [2.05, 4.69) is 20.2 Å². The van der Waals surface area contributed by atoms with E-state index in [1.54, 1.807) is 6.92 Å². The number of rotatable bonds is 2. The van der Waals surface area contributed by atoms with Gasteiger partial charge in [-0.3, -0.25) is 4.79 Å². The topological polar surface area (TPSA) is 109 Å². The molecule has 0 aromatic carbocycles. The Morgan fingerprint density at radius 1 is 1.41 bits per heavy atom. The lowest BCUT2D eigenvalue weighted by atomic mass is 10.2. The van der Waals surface area contributed by atoms with Crippen LogP contribution in [0.5, 0.6) is 0 Å². The highest BCUT2D eigenvalue weighted by Gasteiger charge is 2.17. The number of H-pyrrole nitrogens is 2. The molecule has 2 rings (SSSR count). The summed E-state index contributed by atoms with van der Waals surface area (Å²) in [4.78, 5) is 18.0. The van der Waals surface area contributed by atoms with Crippen LogP contribution in [0.25, 0.3) is 11.4 Å². The van der Waals surface area contributed by atoms with Crippen LogP contribution in [0.4, 0.5) is 0 Å². The molecule has 0 radical (unpaired) electrons. The molecule has 2 heterocycles. The van der Waals surface area contributed by atoms with Gasteiger partial charge in [0.2, 0.25) is 0 Å². The highest BCUT2D eigenvalue weighted by atomic mass is 35.7. The molecule has 0 saturated heterocycles. The number of hydrogen-bond donors (Lipinski definition) is 2. The Bertz CT molecular complexity index is 718. The van der Waals surface area contributed by atoms with Gasteiger partial charge in [-0.05, 0) is 6.92 Å². The minimum absolute atomic E-state index is 0.0227. The Morgan fingerprint density at radius 2 is 2.12 bits per heavy atom. The third-order valence-corrected chi connectivity index (χ3v) is 3.08. The van der Waals surface area contributed by atoms with Crippen molar-refractivity contribution >= 4 is 19.7 Å². The average molecular weight is 275 g/mol. The van der Waals surface area contributed by atoms with E-state index in [1.165, 1.54) is 12.3 Å². The van der Waals surface area contributed by atoms with Gasteiger partial charge >= 0.3 is 0 Å². The second-order valence-corrected chi connectivity index (χ2v) is 5.78. The minimum Gasteiger partial charge on any atom is -0.364 e. The number of halogens is 1. The fourth-order valence-electron chi connectivity index (χ4n) is 1.22. The molecular formula is C8H7ClN4O3S. The Kier molecular flexibility index (Phi) is 2.76. The summed E-state index contributed by atoms with van der Waals surface area (Å²) < 4.78 is 21.9. The first-order valence-corrected chi connectivity index (χ1v) is 6.75.